The molecular formula is C23H27BO5. The SMILES string of the molecule is CC(C)(C)OC(=O)C[C@H]1C[C@@H](C=O)OB(Cc2ccc(-c3ccccc3)cc2)O1. The van der Waals surface area contributed by atoms with E-state index in [4.69, 9.17) is 14.0 Å². The van der Waals surface area contributed by atoms with E-state index in [-0.39, 0.29) is 12.4 Å². The second-order valence-corrected chi connectivity index (χ2v) is 8.29. The molecule has 0 N–H and O–H groups in total. The fourth-order valence-corrected chi connectivity index (χ4v) is 3.35. The standard InChI is InChI=1S/C23H27BO5/c1-23(2,3)27-22(26)14-20-13-21(16-25)29-24(28-20)15-17-9-11-19(12-10-17)18-7-5-4-6-8-18/h4-12,16,20-21H,13-15H2,1-3H3/t20-,21+/m1/s1. The Morgan fingerprint density at radius 3 is 2.34 bits per heavy atom. The highest BCUT2D eigenvalue weighted by atomic mass is 16.6. The minimum absolute atomic E-state index is 0.106. The summed E-state index contributed by atoms with van der Waals surface area (Å²) >= 11 is 0. The van der Waals surface area contributed by atoms with E-state index in [0.29, 0.717) is 12.7 Å². The Morgan fingerprint density at radius 2 is 1.72 bits per heavy atom. The highest BCUT2D eigenvalue weighted by Crippen LogP contribution is 2.23. The van der Waals surface area contributed by atoms with Gasteiger partial charge in [0.25, 0.3) is 0 Å². The molecule has 2 aromatic carbocycles. The van der Waals surface area contributed by atoms with Crippen LogP contribution in [0.3, 0.4) is 0 Å². The molecule has 0 amide bonds. The highest BCUT2D eigenvalue weighted by molar-refractivity contribution is 6.44. The number of aldehydes is 1. The van der Waals surface area contributed by atoms with Gasteiger partial charge in [-0.25, -0.2) is 0 Å². The van der Waals surface area contributed by atoms with E-state index in [9.17, 15) is 9.59 Å². The second kappa shape index (κ2) is 9.38. The van der Waals surface area contributed by atoms with E-state index >= 15 is 0 Å². The Hall–Kier alpha value is -2.44. The maximum absolute atomic E-state index is 12.1. The molecule has 1 fully saturated rings. The number of carbonyl (C=O) groups is 2. The minimum atomic E-state index is -0.579. The van der Waals surface area contributed by atoms with E-state index < -0.39 is 24.9 Å². The van der Waals surface area contributed by atoms with Crippen molar-refractivity contribution in [2.24, 2.45) is 0 Å². The first-order chi connectivity index (χ1) is 13.8. The monoisotopic (exact) mass is 394 g/mol. The van der Waals surface area contributed by atoms with Crippen molar-refractivity contribution >= 4 is 19.4 Å². The molecule has 1 aliphatic rings. The van der Waals surface area contributed by atoms with Crippen molar-refractivity contribution in [3.8, 4) is 11.1 Å². The summed E-state index contributed by atoms with van der Waals surface area (Å²) in [5.74, 6) is -0.333. The van der Waals surface area contributed by atoms with Gasteiger partial charge in [0.05, 0.1) is 12.5 Å². The van der Waals surface area contributed by atoms with E-state index in [1.165, 1.54) is 0 Å². The predicted molar refractivity (Wildman–Crippen MR) is 112 cm³/mol. The van der Waals surface area contributed by atoms with Crippen LogP contribution in [0.2, 0.25) is 0 Å². The smallest absolute Gasteiger partial charge is 0.460 e. The zero-order valence-electron chi connectivity index (χ0n) is 17.2. The van der Waals surface area contributed by atoms with E-state index in [1.807, 2.05) is 51.1 Å². The van der Waals surface area contributed by atoms with Crippen LogP contribution in [0.1, 0.15) is 39.2 Å². The van der Waals surface area contributed by atoms with Gasteiger partial charge in [0.15, 0.2) is 0 Å². The summed E-state index contributed by atoms with van der Waals surface area (Å²) in [5, 5.41) is 0. The summed E-state index contributed by atoms with van der Waals surface area (Å²) in [7, 11) is -0.575. The lowest BCUT2D eigenvalue weighted by molar-refractivity contribution is -0.158. The fraction of sp³-hybridized carbons (Fsp3) is 0.391. The molecule has 0 bridgehead atoms. The maximum atomic E-state index is 12.1. The Kier molecular flexibility index (Phi) is 6.88. The molecule has 0 saturated carbocycles. The molecule has 3 rings (SSSR count). The van der Waals surface area contributed by atoms with Crippen molar-refractivity contribution < 1.29 is 23.6 Å². The zero-order chi connectivity index (χ0) is 20.9. The number of benzene rings is 2. The molecule has 6 heteroatoms. The fourth-order valence-electron chi connectivity index (χ4n) is 3.35. The molecule has 0 aliphatic carbocycles. The topological polar surface area (TPSA) is 61.8 Å². The molecule has 0 aromatic heterocycles. The molecule has 0 radical (unpaired) electrons. The number of carbonyl (C=O) groups excluding carboxylic acids is 2. The van der Waals surface area contributed by atoms with Crippen molar-refractivity contribution in [2.75, 3.05) is 0 Å². The van der Waals surface area contributed by atoms with E-state index in [1.54, 1.807) is 0 Å². The van der Waals surface area contributed by atoms with Crippen LogP contribution in [-0.2, 0) is 30.0 Å². The minimum Gasteiger partial charge on any atom is -0.460 e. The van der Waals surface area contributed by atoms with Crippen molar-refractivity contribution in [2.45, 2.75) is 57.7 Å². The molecule has 0 spiro atoms. The maximum Gasteiger partial charge on any atom is 0.462 e. The molecule has 2 atom stereocenters. The van der Waals surface area contributed by atoms with E-state index in [0.717, 1.165) is 23.0 Å². The average Bonchev–Trinajstić information content (AvgIpc) is 2.67. The van der Waals surface area contributed by atoms with E-state index in [2.05, 4.69) is 24.3 Å². The highest BCUT2D eigenvalue weighted by Gasteiger charge is 2.35. The number of hydrogen-bond donors (Lipinski definition) is 0. The van der Waals surface area contributed by atoms with Gasteiger partial charge in [0.1, 0.15) is 18.0 Å². The second-order valence-electron chi connectivity index (χ2n) is 8.29. The molecule has 0 unspecified atom stereocenters. The first-order valence-corrected chi connectivity index (χ1v) is 9.95. The normalized spacial score (nSPS) is 19.6. The Labute approximate surface area is 172 Å². The number of ether oxygens (including phenoxy) is 1. The first-order valence-electron chi connectivity index (χ1n) is 9.95. The molecule has 1 saturated heterocycles. The molecule has 2 aromatic rings. The summed E-state index contributed by atoms with van der Waals surface area (Å²) in [6.07, 6.45) is 0.758. The third kappa shape index (κ3) is 6.55. The number of rotatable bonds is 6. The van der Waals surface area contributed by atoms with Crippen molar-refractivity contribution in [3.63, 3.8) is 0 Å². The Bertz CT molecular complexity index is 813. The van der Waals surface area contributed by atoms with Gasteiger partial charge in [0.2, 0.25) is 0 Å². The Balaban J connectivity index is 1.62. The van der Waals surface area contributed by atoms with Crippen LogP contribution in [0.25, 0.3) is 11.1 Å². The molecule has 1 aliphatic heterocycles. The van der Waals surface area contributed by atoms with Gasteiger partial charge < -0.3 is 18.8 Å². The van der Waals surface area contributed by atoms with Crippen molar-refractivity contribution in [3.05, 3.63) is 60.2 Å². The lowest BCUT2D eigenvalue weighted by atomic mass is 9.77. The first kappa shape index (κ1) is 21.3. The zero-order valence-corrected chi connectivity index (χ0v) is 17.2. The lowest BCUT2D eigenvalue weighted by Crippen LogP contribution is -2.44. The largest absolute Gasteiger partial charge is 0.462 e. The summed E-state index contributed by atoms with van der Waals surface area (Å²) in [4.78, 5) is 23.5. The van der Waals surface area contributed by atoms with Gasteiger partial charge in [-0.05, 0) is 37.5 Å². The summed E-state index contributed by atoms with van der Waals surface area (Å²) in [5.41, 5.74) is 2.78. The molecule has 29 heavy (non-hydrogen) atoms. The van der Waals surface area contributed by atoms with Gasteiger partial charge in [-0.1, -0.05) is 54.6 Å². The third-order valence-electron chi connectivity index (χ3n) is 4.60. The summed E-state index contributed by atoms with van der Waals surface area (Å²) in [6.45, 7) is 5.48. The average molecular weight is 394 g/mol. The third-order valence-corrected chi connectivity index (χ3v) is 4.60. The number of esters is 1. The van der Waals surface area contributed by atoms with Crippen LogP contribution < -0.4 is 0 Å². The van der Waals surface area contributed by atoms with Gasteiger partial charge in [-0.2, -0.15) is 0 Å². The van der Waals surface area contributed by atoms with Crippen LogP contribution in [0.5, 0.6) is 0 Å². The van der Waals surface area contributed by atoms with Crippen LogP contribution in [0, 0.1) is 0 Å². The molecule has 152 valence electrons. The van der Waals surface area contributed by atoms with Crippen LogP contribution in [-0.4, -0.2) is 37.2 Å². The van der Waals surface area contributed by atoms with Crippen LogP contribution in [0.4, 0.5) is 0 Å². The molecule has 5 nitrogen and oxygen atoms in total. The quantitative estimate of drug-likeness (QED) is 0.421. The van der Waals surface area contributed by atoms with Crippen molar-refractivity contribution in [1.82, 2.24) is 0 Å². The van der Waals surface area contributed by atoms with Crippen LogP contribution in [0.15, 0.2) is 54.6 Å². The van der Waals surface area contributed by atoms with Gasteiger partial charge in [-0.3, -0.25) is 4.79 Å². The number of hydrogen-bond acceptors (Lipinski definition) is 5. The van der Waals surface area contributed by atoms with Gasteiger partial charge in [-0.15, -0.1) is 0 Å². The predicted octanol–water partition coefficient (Wildman–Crippen LogP) is 4.03. The van der Waals surface area contributed by atoms with Gasteiger partial charge in [0, 0.05) is 12.7 Å². The Morgan fingerprint density at radius 1 is 1.07 bits per heavy atom. The molecule has 1 heterocycles. The van der Waals surface area contributed by atoms with Crippen LogP contribution >= 0.6 is 0 Å². The van der Waals surface area contributed by atoms with Crippen molar-refractivity contribution in [1.29, 1.82) is 0 Å². The van der Waals surface area contributed by atoms with Gasteiger partial charge >= 0.3 is 13.1 Å². The summed E-state index contributed by atoms with van der Waals surface area (Å²) in [6, 6.07) is 18.3. The molecular weight excluding hydrogens is 367 g/mol. The summed E-state index contributed by atoms with van der Waals surface area (Å²) < 4.78 is 17.0. The lowest BCUT2D eigenvalue weighted by Gasteiger charge is -2.32.